The molecule has 2 aromatic carbocycles. The zero-order valence-electron chi connectivity index (χ0n) is 12.3. The first-order chi connectivity index (χ1) is 10.4. The van der Waals surface area contributed by atoms with Crippen LogP contribution in [0.15, 0.2) is 60.2 Å². The summed E-state index contributed by atoms with van der Waals surface area (Å²) in [6.45, 7) is 0. The van der Waals surface area contributed by atoms with Crippen molar-refractivity contribution in [2.24, 2.45) is 5.92 Å². The first-order valence-electron chi connectivity index (χ1n) is 8.31. The van der Waals surface area contributed by atoms with Gasteiger partial charge in [0.25, 0.3) is 0 Å². The third-order valence-corrected chi connectivity index (χ3v) is 5.76. The number of allylic oxidation sites excluding steroid dienone is 2. The van der Waals surface area contributed by atoms with Crippen molar-refractivity contribution < 1.29 is 0 Å². The molecule has 3 aliphatic carbocycles. The first kappa shape index (κ1) is 11.8. The van der Waals surface area contributed by atoms with Crippen molar-refractivity contribution in [3.05, 3.63) is 76.9 Å². The molecule has 3 atom stereocenters. The Morgan fingerprint density at radius 1 is 0.667 bits per heavy atom. The summed E-state index contributed by atoms with van der Waals surface area (Å²) in [5, 5.41) is 0. The summed E-state index contributed by atoms with van der Waals surface area (Å²) in [5.41, 5.74) is 8.25. The van der Waals surface area contributed by atoms with E-state index in [1.54, 1.807) is 27.8 Å². The van der Waals surface area contributed by atoms with Crippen LogP contribution >= 0.6 is 0 Å². The fourth-order valence-electron chi connectivity index (χ4n) is 4.89. The Hall–Kier alpha value is -1.82. The monoisotopic (exact) mass is 272 g/mol. The lowest BCUT2D eigenvalue weighted by molar-refractivity contribution is 0.665. The Morgan fingerprint density at radius 3 is 2.33 bits per heavy atom. The Balaban J connectivity index is 1.67. The van der Waals surface area contributed by atoms with Gasteiger partial charge in [0.05, 0.1) is 0 Å². The van der Waals surface area contributed by atoms with Crippen molar-refractivity contribution in [1.29, 1.82) is 0 Å². The van der Waals surface area contributed by atoms with Crippen LogP contribution in [0.3, 0.4) is 0 Å². The van der Waals surface area contributed by atoms with Crippen LogP contribution in [0, 0.1) is 5.92 Å². The van der Waals surface area contributed by atoms with Gasteiger partial charge in [-0.15, -0.1) is 0 Å². The maximum Gasteiger partial charge on any atom is -0.000917 e. The van der Waals surface area contributed by atoms with Gasteiger partial charge in [0.1, 0.15) is 0 Å². The van der Waals surface area contributed by atoms with Crippen LogP contribution in [-0.4, -0.2) is 0 Å². The van der Waals surface area contributed by atoms with Crippen molar-refractivity contribution in [1.82, 2.24) is 0 Å². The molecule has 0 radical (unpaired) electrons. The molecule has 0 heteroatoms. The summed E-state index contributed by atoms with van der Waals surface area (Å²) in [6, 6.07) is 20.4. The molecule has 0 N–H and O–H groups in total. The molecule has 0 aromatic heterocycles. The molecule has 3 unspecified atom stereocenters. The summed E-state index contributed by atoms with van der Waals surface area (Å²) >= 11 is 0. The largest absolute Gasteiger partial charge is 0.0622 e. The summed E-state index contributed by atoms with van der Waals surface area (Å²) in [6.07, 6.45) is 5.41. The zero-order chi connectivity index (χ0) is 13.8. The van der Waals surface area contributed by atoms with E-state index in [9.17, 15) is 0 Å². The van der Waals surface area contributed by atoms with E-state index in [1.807, 2.05) is 0 Å². The minimum absolute atomic E-state index is 0.734. The van der Waals surface area contributed by atoms with Crippen LogP contribution in [0.2, 0.25) is 0 Å². The van der Waals surface area contributed by atoms with E-state index in [2.05, 4.69) is 54.6 Å². The van der Waals surface area contributed by atoms with Gasteiger partial charge in [-0.25, -0.2) is 0 Å². The molecule has 1 fully saturated rings. The average Bonchev–Trinajstić information content (AvgIpc) is 3.32. The number of hydrogen-bond donors (Lipinski definition) is 0. The van der Waals surface area contributed by atoms with Gasteiger partial charge >= 0.3 is 0 Å². The fraction of sp³-hybridized carbons (Fsp3) is 0.333. The molecule has 0 bridgehead atoms. The summed E-state index contributed by atoms with van der Waals surface area (Å²) < 4.78 is 0. The van der Waals surface area contributed by atoms with Crippen molar-refractivity contribution in [3.63, 3.8) is 0 Å². The van der Waals surface area contributed by atoms with Crippen LogP contribution in [0.4, 0.5) is 0 Å². The van der Waals surface area contributed by atoms with Gasteiger partial charge in [0.2, 0.25) is 0 Å². The summed E-state index contributed by atoms with van der Waals surface area (Å²) in [4.78, 5) is 0. The molecule has 0 aliphatic heterocycles. The van der Waals surface area contributed by atoms with Gasteiger partial charge < -0.3 is 0 Å². The summed E-state index contributed by atoms with van der Waals surface area (Å²) in [5.74, 6) is 2.29. The second kappa shape index (κ2) is 4.34. The third kappa shape index (κ3) is 1.62. The number of rotatable bonds is 1. The average molecular weight is 272 g/mol. The van der Waals surface area contributed by atoms with E-state index >= 15 is 0 Å². The van der Waals surface area contributed by atoms with Crippen molar-refractivity contribution in [2.45, 2.75) is 37.5 Å². The van der Waals surface area contributed by atoms with Crippen LogP contribution in [0.25, 0.3) is 5.57 Å². The molecule has 21 heavy (non-hydrogen) atoms. The lowest BCUT2D eigenvalue weighted by atomic mass is 9.78. The molecule has 0 nitrogen and oxygen atoms in total. The molecule has 104 valence electrons. The van der Waals surface area contributed by atoms with E-state index in [4.69, 9.17) is 0 Å². The molecular weight excluding hydrogens is 252 g/mol. The normalized spacial score (nSPS) is 29.4. The Labute approximate surface area is 126 Å². The van der Waals surface area contributed by atoms with Crippen molar-refractivity contribution in [2.75, 3.05) is 0 Å². The smallest absolute Gasteiger partial charge is 0.000917 e. The lowest BCUT2D eigenvalue weighted by Gasteiger charge is -2.26. The van der Waals surface area contributed by atoms with Gasteiger partial charge in [0, 0.05) is 0 Å². The van der Waals surface area contributed by atoms with E-state index in [0.717, 1.165) is 17.8 Å². The minimum Gasteiger partial charge on any atom is -0.0622 e. The van der Waals surface area contributed by atoms with E-state index < -0.39 is 0 Å². The van der Waals surface area contributed by atoms with Crippen LogP contribution in [-0.2, 0) is 0 Å². The number of fused-ring (bicyclic) bond motifs is 5. The molecule has 1 saturated carbocycles. The molecule has 3 aliphatic rings. The highest BCUT2D eigenvalue weighted by Crippen LogP contribution is 2.69. The second-order valence-electron chi connectivity index (χ2n) is 6.79. The Kier molecular flexibility index (Phi) is 2.44. The molecule has 0 heterocycles. The topological polar surface area (TPSA) is 0 Å². The Bertz CT molecular complexity index is 719. The van der Waals surface area contributed by atoms with Gasteiger partial charge in [-0.2, -0.15) is 0 Å². The van der Waals surface area contributed by atoms with Crippen LogP contribution in [0.1, 0.15) is 54.2 Å². The second-order valence-corrected chi connectivity index (χ2v) is 6.79. The van der Waals surface area contributed by atoms with Crippen LogP contribution < -0.4 is 0 Å². The molecule has 0 amide bonds. The standard InChI is InChI=1S/C21H20/c1-2-8-14(9-3-1)19-20-17-12-6-4-10-15(17)16-11-5-7-13-18(16)21(19)20/h1-4,6,8-10,12,19-21H,5,7,11,13H2. The zero-order valence-corrected chi connectivity index (χ0v) is 12.3. The van der Waals surface area contributed by atoms with E-state index in [-0.39, 0.29) is 0 Å². The molecule has 0 saturated heterocycles. The molecule has 2 aromatic rings. The van der Waals surface area contributed by atoms with E-state index in [1.165, 1.54) is 25.7 Å². The quantitative estimate of drug-likeness (QED) is 0.640. The minimum atomic E-state index is 0.734. The van der Waals surface area contributed by atoms with Crippen molar-refractivity contribution >= 4 is 5.57 Å². The Morgan fingerprint density at radius 2 is 1.43 bits per heavy atom. The molecular formula is C21H20. The van der Waals surface area contributed by atoms with Gasteiger partial charge in [0.15, 0.2) is 0 Å². The summed E-state index contributed by atoms with van der Waals surface area (Å²) in [7, 11) is 0. The van der Waals surface area contributed by atoms with Crippen LogP contribution in [0.5, 0.6) is 0 Å². The highest BCUT2D eigenvalue weighted by Gasteiger charge is 2.56. The number of benzene rings is 2. The first-order valence-corrected chi connectivity index (χ1v) is 8.31. The van der Waals surface area contributed by atoms with E-state index in [0.29, 0.717) is 0 Å². The predicted molar refractivity (Wildman–Crippen MR) is 87.2 cm³/mol. The third-order valence-electron chi connectivity index (χ3n) is 5.76. The number of hydrogen-bond acceptors (Lipinski definition) is 0. The molecule has 0 spiro atoms. The van der Waals surface area contributed by atoms with Gasteiger partial charge in [-0.05, 0) is 65.7 Å². The van der Waals surface area contributed by atoms with Crippen molar-refractivity contribution in [3.8, 4) is 0 Å². The molecule has 5 rings (SSSR count). The fourth-order valence-corrected chi connectivity index (χ4v) is 4.89. The SMILES string of the molecule is c1ccc(C2C3C4=C(CCCC4)c4ccccc4C32)cc1. The maximum absolute atomic E-state index is 2.38. The van der Waals surface area contributed by atoms with Gasteiger partial charge in [-0.3, -0.25) is 0 Å². The lowest BCUT2D eigenvalue weighted by Crippen LogP contribution is -2.08. The maximum atomic E-state index is 2.38. The predicted octanol–water partition coefficient (Wildman–Crippen LogP) is 5.53. The highest BCUT2D eigenvalue weighted by molar-refractivity contribution is 5.78. The van der Waals surface area contributed by atoms with Gasteiger partial charge in [-0.1, -0.05) is 60.2 Å². The highest BCUT2D eigenvalue weighted by atomic mass is 14.6.